The smallest absolute Gasteiger partial charge is 0.263 e. The number of hydrogen-bond donors (Lipinski definition) is 3. The van der Waals surface area contributed by atoms with Crippen molar-refractivity contribution in [2.24, 2.45) is 0 Å². The zero-order valence-electron chi connectivity index (χ0n) is 9.16. The predicted octanol–water partition coefficient (Wildman–Crippen LogP) is -0.276. The first kappa shape index (κ1) is 14.9. The lowest BCUT2D eigenvalue weighted by atomic mass is 10.3. The molecule has 0 spiro atoms. The lowest BCUT2D eigenvalue weighted by Gasteiger charge is -2.09. The van der Waals surface area contributed by atoms with Gasteiger partial charge in [0, 0.05) is 13.0 Å². The molecule has 104 valence electrons. The van der Waals surface area contributed by atoms with Gasteiger partial charge in [0.05, 0.1) is 0 Å². The van der Waals surface area contributed by atoms with Crippen molar-refractivity contribution in [3.05, 3.63) is 12.2 Å². The van der Waals surface area contributed by atoms with Gasteiger partial charge in [-0.3, -0.25) is 5.10 Å². The lowest BCUT2D eigenvalue weighted by Crippen LogP contribution is -2.41. The minimum Gasteiger partial charge on any atom is -0.263 e. The van der Waals surface area contributed by atoms with E-state index in [-0.39, 0.29) is 6.54 Å². The second-order valence-electron chi connectivity index (χ2n) is 3.37. The average molecular weight is 287 g/mol. The first-order valence-corrected chi connectivity index (χ1v) is 6.42. The molecule has 18 heavy (non-hydrogen) atoms. The molecule has 0 amide bonds. The minimum absolute atomic E-state index is 0.00783. The maximum Gasteiger partial charge on any atom is 0.402 e. The Bertz CT molecular complexity index is 444. The highest BCUT2D eigenvalue weighted by Gasteiger charge is 2.29. The summed E-state index contributed by atoms with van der Waals surface area (Å²) < 4.78 is 60.9. The van der Waals surface area contributed by atoms with Crippen LogP contribution in [0.2, 0.25) is 0 Å². The zero-order chi connectivity index (χ0) is 13.6. The summed E-state index contributed by atoms with van der Waals surface area (Å²) in [6, 6.07) is 0. The van der Waals surface area contributed by atoms with Crippen LogP contribution in [0.4, 0.5) is 13.2 Å². The molecule has 0 aliphatic rings. The van der Waals surface area contributed by atoms with Crippen molar-refractivity contribution in [1.82, 2.24) is 24.6 Å². The number of hydrogen-bond acceptors (Lipinski definition) is 4. The van der Waals surface area contributed by atoms with Gasteiger partial charge in [0.15, 0.2) is 0 Å². The summed E-state index contributed by atoms with van der Waals surface area (Å²) in [4.78, 5) is 3.81. The second-order valence-corrected chi connectivity index (χ2v) is 4.95. The summed E-state index contributed by atoms with van der Waals surface area (Å²) >= 11 is 0. The van der Waals surface area contributed by atoms with Crippen molar-refractivity contribution in [3.63, 3.8) is 0 Å². The molecule has 1 heterocycles. The van der Waals surface area contributed by atoms with Gasteiger partial charge >= 0.3 is 6.18 Å². The van der Waals surface area contributed by atoms with E-state index in [9.17, 15) is 21.6 Å². The Labute approximate surface area is 101 Å². The van der Waals surface area contributed by atoms with Crippen molar-refractivity contribution in [3.8, 4) is 0 Å². The van der Waals surface area contributed by atoms with Crippen LogP contribution in [0, 0.1) is 0 Å². The van der Waals surface area contributed by atoms with Crippen molar-refractivity contribution in [2.75, 3.05) is 13.1 Å². The molecule has 0 aliphatic carbocycles. The van der Waals surface area contributed by atoms with E-state index in [1.807, 2.05) is 4.72 Å². The minimum atomic E-state index is -4.57. The van der Waals surface area contributed by atoms with Crippen LogP contribution in [0.25, 0.3) is 0 Å². The molecule has 0 saturated heterocycles. The number of rotatable bonds is 7. The third-order valence-corrected chi connectivity index (χ3v) is 2.92. The fourth-order valence-corrected chi connectivity index (χ4v) is 1.91. The molecule has 0 radical (unpaired) electrons. The molecule has 0 aromatic carbocycles. The summed E-state index contributed by atoms with van der Waals surface area (Å²) in [5.74, 6) is 0.581. The van der Waals surface area contributed by atoms with Gasteiger partial charge in [-0.1, -0.05) is 0 Å². The number of aromatic amines is 1. The molecule has 1 aromatic heterocycles. The van der Waals surface area contributed by atoms with E-state index in [0.717, 1.165) is 0 Å². The van der Waals surface area contributed by atoms with Crippen LogP contribution in [-0.4, -0.2) is 42.9 Å². The van der Waals surface area contributed by atoms with E-state index in [0.29, 0.717) is 18.7 Å². The summed E-state index contributed by atoms with van der Waals surface area (Å²) in [6.07, 6.45) is -2.43. The van der Waals surface area contributed by atoms with Crippen LogP contribution < -0.4 is 9.44 Å². The van der Waals surface area contributed by atoms with Crippen molar-refractivity contribution in [1.29, 1.82) is 0 Å². The Kier molecular flexibility index (Phi) is 5.04. The summed E-state index contributed by atoms with van der Waals surface area (Å²) in [5.41, 5.74) is 0. The molecule has 7 nitrogen and oxygen atoms in total. The van der Waals surface area contributed by atoms with Gasteiger partial charge in [0.1, 0.15) is 18.7 Å². The molecular formula is C7H12F3N5O2S. The number of nitrogens with one attached hydrogen (secondary N) is 3. The first-order chi connectivity index (χ1) is 8.29. The van der Waals surface area contributed by atoms with Crippen molar-refractivity contribution >= 4 is 10.2 Å². The van der Waals surface area contributed by atoms with Gasteiger partial charge < -0.3 is 0 Å². The molecule has 0 saturated carbocycles. The van der Waals surface area contributed by atoms with E-state index < -0.39 is 22.9 Å². The Balaban J connectivity index is 2.21. The number of halogens is 3. The van der Waals surface area contributed by atoms with E-state index in [4.69, 9.17) is 0 Å². The van der Waals surface area contributed by atoms with Crippen LogP contribution in [0.15, 0.2) is 6.33 Å². The Morgan fingerprint density at radius 2 is 2.06 bits per heavy atom. The molecule has 0 aliphatic heterocycles. The van der Waals surface area contributed by atoms with Crippen LogP contribution in [0.5, 0.6) is 0 Å². The monoisotopic (exact) mass is 287 g/mol. The van der Waals surface area contributed by atoms with Gasteiger partial charge in [-0.25, -0.2) is 9.71 Å². The summed E-state index contributed by atoms with van der Waals surface area (Å²) in [5, 5.41) is 6.17. The third kappa shape index (κ3) is 6.51. The summed E-state index contributed by atoms with van der Waals surface area (Å²) in [7, 11) is -4.12. The quantitative estimate of drug-likeness (QED) is 0.601. The molecule has 11 heteroatoms. The molecular weight excluding hydrogens is 275 g/mol. The Morgan fingerprint density at radius 3 is 2.61 bits per heavy atom. The van der Waals surface area contributed by atoms with E-state index in [2.05, 4.69) is 15.2 Å². The molecule has 0 bridgehead atoms. The average Bonchev–Trinajstić information content (AvgIpc) is 2.74. The van der Waals surface area contributed by atoms with Gasteiger partial charge in [0.2, 0.25) is 0 Å². The zero-order valence-corrected chi connectivity index (χ0v) is 9.98. The Hall–Kier alpha value is -1.20. The molecule has 0 fully saturated rings. The van der Waals surface area contributed by atoms with Crippen LogP contribution in [0.1, 0.15) is 12.2 Å². The maximum atomic E-state index is 11.8. The number of nitrogens with zero attached hydrogens (tertiary/aromatic N) is 2. The SMILES string of the molecule is O=S(=O)(NCCCc1ncn[nH]1)NCC(F)(F)F. The predicted molar refractivity (Wildman–Crippen MR) is 55.7 cm³/mol. The van der Waals surface area contributed by atoms with Gasteiger partial charge in [0.25, 0.3) is 10.2 Å². The van der Waals surface area contributed by atoms with Crippen molar-refractivity contribution in [2.45, 2.75) is 19.0 Å². The van der Waals surface area contributed by atoms with Crippen LogP contribution in [0.3, 0.4) is 0 Å². The standard InChI is InChI=1S/C7H12F3N5O2S/c8-7(9,10)4-14-18(16,17)13-3-1-2-6-11-5-12-15-6/h5,13-14H,1-4H2,(H,11,12,15). The fraction of sp³-hybridized carbons (Fsp3) is 0.714. The molecule has 1 rings (SSSR count). The molecule has 0 atom stereocenters. The van der Waals surface area contributed by atoms with E-state index in [1.54, 1.807) is 0 Å². The van der Waals surface area contributed by atoms with Crippen LogP contribution >= 0.6 is 0 Å². The number of alkyl halides is 3. The van der Waals surface area contributed by atoms with E-state index in [1.165, 1.54) is 11.0 Å². The maximum absolute atomic E-state index is 11.8. The number of H-pyrrole nitrogens is 1. The highest BCUT2D eigenvalue weighted by Crippen LogP contribution is 2.12. The van der Waals surface area contributed by atoms with Crippen LogP contribution in [-0.2, 0) is 16.6 Å². The largest absolute Gasteiger partial charge is 0.402 e. The number of aryl methyl sites for hydroxylation is 1. The third-order valence-electron chi connectivity index (χ3n) is 1.81. The molecule has 0 unspecified atom stereocenters. The topological polar surface area (TPSA) is 99.8 Å². The highest BCUT2D eigenvalue weighted by molar-refractivity contribution is 7.87. The second kappa shape index (κ2) is 6.11. The van der Waals surface area contributed by atoms with Gasteiger partial charge in [-0.15, -0.1) is 0 Å². The van der Waals surface area contributed by atoms with Gasteiger partial charge in [-0.2, -0.15) is 31.4 Å². The van der Waals surface area contributed by atoms with Crippen molar-refractivity contribution < 1.29 is 21.6 Å². The lowest BCUT2D eigenvalue weighted by molar-refractivity contribution is -0.121. The Morgan fingerprint density at radius 1 is 1.33 bits per heavy atom. The number of aromatic nitrogens is 3. The molecule has 1 aromatic rings. The van der Waals surface area contributed by atoms with Gasteiger partial charge in [-0.05, 0) is 6.42 Å². The fourth-order valence-electron chi connectivity index (χ4n) is 1.04. The van der Waals surface area contributed by atoms with E-state index >= 15 is 0 Å². The molecule has 3 N–H and O–H groups in total. The highest BCUT2D eigenvalue weighted by atomic mass is 32.2. The first-order valence-electron chi connectivity index (χ1n) is 4.94. The normalized spacial score (nSPS) is 12.8. The summed E-state index contributed by atoms with van der Waals surface area (Å²) in [6.45, 7) is -1.58.